The molecule has 1 heterocycles. The lowest BCUT2D eigenvalue weighted by Gasteiger charge is -2.14. The number of amidine groups is 1. The summed E-state index contributed by atoms with van der Waals surface area (Å²) in [4.78, 5) is 0. The third kappa shape index (κ3) is 3.33. The minimum absolute atomic E-state index is 0.527. The van der Waals surface area contributed by atoms with Gasteiger partial charge in [0, 0.05) is 18.2 Å². The first-order valence-corrected chi connectivity index (χ1v) is 6.83. The summed E-state index contributed by atoms with van der Waals surface area (Å²) in [5, 5.41) is 14.7. The second-order valence-electron chi connectivity index (χ2n) is 5.33. The van der Waals surface area contributed by atoms with Gasteiger partial charge in [0.25, 0.3) is 0 Å². The van der Waals surface area contributed by atoms with Crippen LogP contribution in [-0.4, -0.2) is 25.0 Å². The van der Waals surface area contributed by atoms with Crippen molar-refractivity contribution in [3.05, 3.63) is 35.4 Å². The Kier molecular flexibility index (Phi) is 4.37. The van der Waals surface area contributed by atoms with Crippen molar-refractivity contribution in [1.29, 1.82) is 5.41 Å². The first kappa shape index (κ1) is 13.1. The van der Waals surface area contributed by atoms with Gasteiger partial charge in [-0.05, 0) is 30.9 Å². The van der Waals surface area contributed by atoms with E-state index in [0.717, 1.165) is 18.7 Å². The summed E-state index contributed by atoms with van der Waals surface area (Å²) in [6.07, 6.45) is 2.47. The van der Waals surface area contributed by atoms with Gasteiger partial charge in [0.1, 0.15) is 5.84 Å². The monoisotopic (exact) mass is 245 g/mol. The second kappa shape index (κ2) is 6.01. The largest absolute Gasteiger partial charge is 0.368 e. The first-order chi connectivity index (χ1) is 8.66. The lowest BCUT2D eigenvalue weighted by molar-refractivity contribution is 0.589. The van der Waals surface area contributed by atoms with Gasteiger partial charge in [0.2, 0.25) is 0 Å². The van der Waals surface area contributed by atoms with Crippen LogP contribution in [0.4, 0.5) is 0 Å². The zero-order chi connectivity index (χ0) is 13.0. The molecule has 1 saturated heterocycles. The van der Waals surface area contributed by atoms with Crippen molar-refractivity contribution >= 4 is 5.84 Å². The van der Waals surface area contributed by atoms with Crippen LogP contribution in [0.15, 0.2) is 24.3 Å². The minimum Gasteiger partial charge on any atom is -0.368 e. The van der Waals surface area contributed by atoms with Crippen LogP contribution in [0.25, 0.3) is 0 Å². The predicted molar refractivity (Wildman–Crippen MR) is 76.4 cm³/mol. The lowest BCUT2D eigenvalue weighted by atomic mass is 10.0. The molecule has 1 aliphatic heterocycles. The van der Waals surface area contributed by atoms with Gasteiger partial charge in [-0.3, -0.25) is 5.41 Å². The molecule has 18 heavy (non-hydrogen) atoms. The maximum atomic E-state index is 8.03. The van der Waals surface area contributed by atoms with E-state index in [1.54, 1.807) is 0 Å². The van der Waals surface area contributed by atoms with Crippen molar-refractivity contribution in [1.82, 2.24) is 10.6 Å². The third-order valence-corrected chi connectivity index (χ3v) is 3.55. The Morgan fingerprint density at radius 1 is 1.39 bits per heavy atom. The second-order valence-corrected chi connectivity index (χ2v) is 5.33. The van der Waals surface area contributed by atoms with Gasteiger partial charge in [-0.2, -0.15) is 0 Å². The molecule has 0 aliphatic carbocycles. The predicted octanol–water partition coefficient (Wildman–Crippen LogP) is 2.48. The van der Waals surface area contributed by atoms with Gasteiger partial charge in [0.15, 0.2) is 0 Å². The minimum atomic E-state index is 0.527. The molecule has 1 aliphatic rings. The van der Waals surface area contributed by atoms with Crippen LogP contribution < -0.4 is 10.6 Å². The molecule has 0 saturated carbocycles. The SMILES string of the molecule is CC(C)c1ccc(C(=N)NCC2CCCN2)cc1. The average molecular weight is 245 g/mol. The van der Waals surface area contributed by atoms with Crippen LogP contribution >= 0.6 is 0 Å². The molecule has 0 aromatic heterocycles. The first-order valence-electron chi connectivity index (χ1n) is 6.83. The summed E-state index contributed by atoms with van der Waals surface area (Å²) in [7, 11) is 0. The molecule has 0 amide bonds. The van der Waals surface area contributed by atoms with E-state index < -0.39 is 0 Å². The molecular formula is C15H23N3. The summed E-state index contributed by atoms with van der Waals surface area (Å²) in [5.74, 6) is 1.07. The number of hydrogen-bond acceptors (Lipinski definition) is 2. The quantitative estimate of drug-likeness (QED) is 0.564. The third-order valence-electron chi connectivity index (χ3n) is 3.55. The van der Waals surface area contributed by atoms with Gasteiger partial charge in [-0.1, -0.05) is 38.1 Å². The standard InChI is InChI=1S/C15H23N3/c1-11(2)12-5-7-13(8-6-12)15(16)18-10-14-4-3-9-17-14/h5-8,11,14,17H,3-4,9-10H2,1-2H3,(H2,16,18). The van der Waals surface area contributed by atoms with Crippen molar-refractivity contribution < 1.29 is 0 Å². The van der Waals surface area contributed by atoms with Crippen LogP contribution in [0.3, 0.4) is 0 Å². The number of nitrogens with one attached hydrogen (secondary N) is 3. The maximum Gasteiger partial charge on any atom is 0.125 e. The van der Waals surface area contributed by atoms with E-state index in [9.17, 15) is 0 Å². The van der Waals surface area contributed by atoms with E-state index in [4.69, 9.17) is 5.41 Å². The van der Waals surface area contributed by atoms with Gasteiger partial charge < -0.3 is 10.6 Å². The van der Waals surface area contributed by atoms with Crippen LogP contribution in [0.5, 0.6) is 0 Å². The summed E-state index contributed by atoms with van der Waals surface area (Å²) in [6.45, 7) is 6.34. The van der Waals surface area contributed by atoms with E-state index in [-0.39, 0.29) is 0 Å². The van der Waals surface area contributed by atoms with Crippen molar-refractivity contribution in [2.24, 2.45) is 0 Å². The van der Waals surface area contributed by atoms with E-state index in [2.05, 4.69) is 36.6 Å². The molecule has 3 N–H and O–H groups in total. The van der Waals surface area contributed by atoms with E-state index in [1.165, 1.54) is 18.4 Å². The van der Waals surface area contributed by atoms with E-state index in [1.807, 2.05) is 12.1 Å². The Labute approximate surface area is 109 Å². The molecule has 0 spiro atoms. The van der Waals surface area contributed by atoms with Crippen LogP contribution in [-0.2, 0) is 0 Å². The van der Waals surface area contributed by atoms with E-state index in [0.29, 0.717) is 17.8 Å². The summed E-state index contributed by atoms with van der Waals surface area (Å²) < 4.78 is 0. The van der Waals surface area contributed by atoms with Crippen molar-refractivity contribution in [2.45, 2.75) is 38.6 Å². The summed E-state index contributed by atoms with van der Waals surface area (Å²) in [6, 6.07) is 8.83. The zero-order valence-corrected chi connectivity index (χ0v) is 11.3. The van der Waals surface area contributed by atoms with Crippen LogP contribution in [0, 0.1) is 5.41 Å². The zero-order valence-electron chi connectivity index (χ0n) is 11.3. The molecule has 0 bridgehead atoms. The molecule has 1 fully saturated rings. The van der Waals surface area contributed by atoms with Crippen molar-refractivity contribution in [3.63, 3.8) is 0 Å². The molecule has 3 nitrogen and oxygen atoms in total. The maximum absolute atomic E-state index is 8.03. The Hall–Kier alpha value is -1.35. The van der Waals surface area contributed by atoms with E-state index >= 15 is 0 Å². The average Bonchev–Trinajstić information content (AvgIpc) is 2.89. The highest BCUT2D eigenvalue weighted by Gasteiger charge is 2.14. The topological polar surface area (TPSA) is 47.9 Å². The number of benzene rings is 1. The Bertz CT molecular complexity index is 389. The molecule has 1 aromatic rings. The molecule has 2 rings (SSSR count). The van der Waals surface area contributed by atoms with Crippen LogP contribution in [0.2, 0.25) is 0 Å². The molecular weight excluding hydrogens is 222 g/mol. The van der Waals surface area contributed by atoms with Crippen molar-refractivity contribution in [2.75, 3.05) is 13.1 Å². The van der Waals surface area contributed by atoms with Gasteiger partial charge in [-0.25, -0.2) is 0 Å². The molecule has 3 heteroatoms. The van der Waals surface area contributed by atoms with Crippen LogP contribution in [0.1, 0.15) is 43.7 Å². The Morgan fingerprint density at radius 3 is 2.67 bits per heavy atom. The fourth-order valence-electron chi connectivity index (χ4n) is 2.29. The van der Waals surface area contributed by atoms with Gasteiger partial charge in [-0.15, -0.1) is 0 Å². The number of rotatable bonds is 4. The highest BCUT2D eigenvalue weighted by atomic mass is 15.0. The molecule has 1 atom stereocenters. The molecule has 98 valence electrons. The highest BCUT2D eigenvalue weighted by molar-refractivity contribution is 5.96. The Morgan fingerprint density at radius 2 is 2.11 bits per heavy atom. The highest BCUT2D eigenvalue weighted by Crippen LogP contribution is 2.14. The van der Waals surface area contributed by atoms with Crippen molar-refractivity contribution in [3.8, 4) is 0 Å². The van der Waals surface area contributed by atoms with Gasteiger partial charge in [0.05, 0.1) is 0 Å². The molecule has 1 unspecified atom stereocenters. The van der Waals surface area contributed by atoms with Gasteiger partial charge >= 0.3 is 0 Å². The summed E-state index contributed by atoms with van der Waals surface area (Å²) in [5.41, 5.74) is 2.29. The lowest BCUT2D eigenvalue weighted by Crippen LogP contribution is -2.37. The number of hydrogen-bond donors (Lipinski definition) is 3. The molecule has 1 aromatic carbocycles. The fourth-order valence-corrected chi connectivity index (χ4v) is 2.29. The normalized spacial score (nSPS) is 19.2. The Balaban J connectivity index is 1.87. The fraction of sp³-hybridized carbons (Fsp3) is 0.533. The smallest absolute Gasteiger partial charge is 0.125 e. The molecule has 0 radical (unpaired) electrons. The summed E-state index contributed by atoms with van der Waals surface area (Å²) >= 11 is 0.